The van der Waals surface area contributed by atoms with E-state index in [9.17, 15) is 30.6 Å². The Bertz CT molecular complexity index is 499. The first-order chi connectivity index (χ1) is 16.6. The summed E-state index contributed by atoms with van der Waals surface area (Å²) < 4.78 is 0. The Kier molecular flexibility index (Phi) is 26.4. The molecule has 2 radical (unpaired) electrons. The van der Waals surface area contributed by atoms with Crippen molar-refractivity contribution in [3.63, 3.8) is 0 Å². The minimum Gasteiger partial charge on any atom is -0.852 e. The van der Waals surface area contributed by atoms with Gasteiger partial charge >= 0.3 is 74.6 Å². The molecule has 258 valence electrons. The molecule has 0 aliphatic heterocycles. The molecule has 0 rings (SSSR count). The van der Waals surface area contributed by atoms with Crippen molar-refractivity contribution >= 4 is 0 Å². The molecule has 0 aromatic rings. The van der Waals surface area contributed by atoms with E-state index >= 15 is 0 Å². The molecular weight excluding hydrogens is 827 g/mol. The first-order valence-corrected chi connectivity index (χ1v) is 14.6. The summed E-state index contributed by atoms with van der Waals surface area (Å²) in [6, 6.07) is 0. The maximum Gasteiger partial charge on any atom is 3.00 e. The van der Waals surface area contributed by atoms with Crippen LogP contribution in [0.15, 0.2) is 0 Å². The molecule has 0 bridgehead atoms. The fourth-order valence-corrected chi connectivity index (χ4v) is 2.70. The molecule has 0 heterocycles. The van der Waals surface area contributed by atoms with Crippen LogP contribution in [0.3, 0.4) is 0 Å². The summed E-state index contributed by atoms with van der Waals surface area (Å²) in [5.41, 5.74) is -1.79. The summed E-state index contributed by atoms with van der Waals surface area (Å²) in [5, 5.41) is 69.6. The number of hydrogen-bond acceptors (Lipinski definition) is 6. The maximum atomic E-state index is 11.6. The quantitative estimate of drug-likeness (QED) is 0.403. The van der Waals surface area contributed by atoms with Crippen molar-refractivity contribution in [1.82, 2.24) is 0 Å². The fraction of sp³-hybridized carbons (Fsp3) is 1.00. The van der Waals surface area contributed by atoms with Crippen LogP contribution in [0.25, 0.3) is 0 Å². The van der Waals surface area contributed by atoms with Crippen LogP contribution < -0.4 is 30.6 Å². The minimum atomic E-state index is -0.755. The molecule has 0 aromatic heterocycles. The van der Waals surface area contributed by atoms with Crippen molar-refractivity contribution in [3.05, 3.63) is 0 Å². The Morgan fingerprint density at radius 1 is 0.268 bits per heavy atom. The van der Waals surface area contributed by atoms with Crippen LogP contribution in [-0.4, -0.2) is 36.6 Å². The molecule has 6 unspecified atom stereocenters. The van der Waals surface area contributed by atoms with E-state index in [0.29, 0.717) is 0 Å². The second-order valence-electron chi connectivity index (χ2n) is 17.8. The van der Waals surface area contributed by atoms with E-state index in [2.05, 4.69) is 0 Å². The minimum absolute atomic E-state index is 0. The molecule has 41 heavy (non-hydrogen) atoms. The van der Waals surface area contributed by atoms with Crippen molar-refractivity contribution < 1.29 is 105 Å². The molecule has 0 saturated carbocycles. The maximum absolute atomic E-state index is 11.6. The van der Waals surface area contributed by atoms with Gasteiger partial charge in [0, 0.05) is 0 Å². The van der Waals surface area contributed by atoms with E-state index in [1.165, 1.54) is 0 Å². The van der Waals surface area contributed by atoms with Gasteiger partial charge in [-0.2, -0.15) is 0 Å². The van der Waals surface area contributed by atoms with Gasteiger partial charge in [0.1, 0.15) is 0 Å². The number of rotatable bonds is 6. The summed E-state index contributed by atoms with van der Waals surface area (Å²) >= 11 is 0. The van der Waals surface area contributed by atoms with Gasteiger partial charge in [-0.1, -0.05) is 176 Å². The van der Waals surface area contributed by atoms with Crippen LogP contribution in [0.5, 0.6) is 0 Å². The zero-order chi connectivity index (χ0) is 32.6. The zero-order valence-electron chi connectivity index (χ0n) is 29.6. The normalized spacial score (nSPS) is 17.6. The third-order valence-corrected chi connectivity index (χ3v) is 7.08. The largest absolute Gasteiger partial charge is 3.00 e. The Morgan fingerprint density at radius 2 is 0.341 bits per heavy atom. The summed E-state index contributed by atoms with van der Waals surface area (Å²) in [6.07, 6.45) is -3.84. The Balaban J connectivity index is -0.000000154. The smallest absolute Gasteiger partial charge is 0.852 e. The van der Waals surface area contributed by atoms with E-state index in [4.69, 9.17) is 0 Å². The molecule has 8 heteroatoms. The van der Waals surface area contributed by atoms with Gasteiger partial charge in [-0.3, -0.25) is 0 Å². The predicted octanol–water partition coefficient (Wildman–Crippen LogP) is 2.78. The van der Waals surface area contributed by atoms with Gasteiger partial charge in [-0.05, 0) is 0 Å². The standard InChI is InChI=1S/3C11H22O2.2Er/c3*1-10(2,3)8(12)7-9(13)11(4,5)6;;/h3*8-9H,7H2,1-6H3;;/q3*-2;2*+3. The Morgan fingerprint density at radius 3 is 0.390 bits per heavy atom. The van der Waals surface area contributed by atoms with Gasteiger partial charge in [0.25, 0.3) is 0 Å². The summed E-state index contributed by atoms with van der Waals surface area (Å²) in [7, 11) is 0. The predicted molar refractivity (Wildman–Crippen MR) is 153 cm³/mol. The topological polar surface area (TPSA) is 138 Å². The van der Waals surface area contributed by atoms with E-state index in [-0.39, 0.29) is 126 Å². The van der Waals surface area contributed by atoms with E-state index in [1.54, 1.807) is 0 Å². The molecule has 0 N–H and O–H groups in total. The SMILES string of the molecule is CC(C)(C)C([O-])CC([O-])C(C)(C)C.CC(C)(C)C([O-])CC([O-])C(C)(C)C.CC(C)(C)C([O-])CC([O-])C(C)(C)C.[Er+3].[Er+3]. The van der Waals surface area contributed by atoms with Crippen molar-refractivity contribution in [2.24, 2.45) is 32.5 Å². The van der Waals surface area contributed by atoms with Crippen LogP contribution in [-0.2, 0) is 0 Å². The Labute approximate surface area is 315 Å². The first-order valence-electron chi connectivity index (χ1n) is 14.6. The summed E-state index contributed by atoms with van der Waals surface area (Å²) in [4.78, 5) is 0. The van der Waals surface area contributed by atoms with Gasteiger partial charge in [-0.15, -0.1) is 36.6 Å². The first kappa shape index (κ1) is 52.8. The molecule has 0 aliphatic rings. The summed E-state index contributed by atoms with van der Waals surface area (Å²) in [5.74, 6) is 0. The second-order valence-corrected chi connectivity index (χ2v) is 17.8. The molecule has 0 fully saturated rings. The van der Waals surface area contributed by atoms with Gasteiger partial charge in [-0.25, -0.2) is 0 Å². The van der Waals surface area contributed by atoms with E-state index in [0.717, 1.165) is 0 Å². The molecule has 0 saturated heterocycles. The Hall–Kier alpha value is 2.25. The van der Waals surface area contributed by atoms with Crippen LogP contribution in [0, 0.1) is 107 Å². The van der Waals surface area contributed by atoms with Crippen LogP contribution in [0.2, 0.25) is 0 Å². The third-order valence-electron chi connectivity index (χ3n) is 7.08. The van der Waals surface area contributed by atoms with Crippen molar-refractivity contribution in [1.29, 1.82) is 0 Å². The monoisotopic (exact) mass is 890 g/mol. The van der Waals surface area contributed by atoms with Gasteiger partial charge in [0.15, 0.2) is 0 Å². The average molecular weight is 893 g/mol. The van der Waals surface area contributed by atoms with Crippen molar-refractivity contribution in [2.75, 3.05) is 0 Å². The number of hydrogen-bond donors (Lipinski definition) is 0. The van der Waals surface area contributed by atoms with Crippen LogP contribution in [0.4, 0.5) is 0 Å². The van der Waals surface area contributed by atoms with Gasteiger partial charge in [0.2, 0.25) is 0 Å². The molecule has 0 aromatic carbocycles. The molecule has 6 atom stereocenters. The molecule has 0 spiro atoms. The van der Waals surface area contributed by atoms with Crippen LogP contribution in [0.1, 0.15) is 144 Å². The molecule has 6 nitrogen and oxygen atoms in total. The van der Waals surface area contributed by atoms with Gasteiger partial charge in [0.05, 0.1) is 0 Å². The molecule has 0 aliphatic carbocycles. The van der Waals surface area contributed by atoms with E-state index in [1.807, 2.05) is 125 Å². The second kappa shape index (κ2) is 20.5. The summed E-state index contributed by atoms with van der Waals surface area (Å²) in [6.45, 7) is 34.0. The zero-order valence-corrected chi connectivity index (χ0v) is 33.3. The molecular formula is C33H66Er2O6. The fourth-order valence-electron chi connectivity index (χ4n) is 2.70. The van der Waals surface area contributed by atoms with Gasteiger partial charge < -0.3 is 30.6 Å². The van der Waals surface area contributed by atoms with Crippen LogP contribution >= 0.6 is 0 Å². The van der Waals surface area contributed by atoms with E-state index < -0.39 is 36.6 Å². The molecule has 0 amide bonds. The average Bonchev–Trinajstić information content (AvgIpc) is 2.64. The van der Waals surface area contributed by atoms with Crippen molar-refractivity contribution in [2.45, 2.75) is 181 Å². The third kappa shape index (κ3) is 27.1. The van der Waals surface area contributed by atoms with Crippen molar-refractivity contribution in [3.8, 4) is 0 Å².